The minimum atomic E-state index is 0.392. The van der Waals surface area contributed by atoms with Crippen LogP contribution in [0.25, 0.3) is 0 Å². The van der Waals surface area contributed by atoms with Gasteiger partial charge in [-0.25, -0.2) is 0 Å². The van der Waals surface area contributed by atoms with Crippen LogP contribution in [0.5, 0.6) is 0 Å². The first-order valence-corrected chi connectivity index (χ1v) is 7.04. The highest BCUT2D eigenvalue weighted by Crippen LogP contribution is 2.34. The number of aromatic nitrogens is 2. The SMILES string of the molecule is CCCNC1CCCC1c1nc(N(C)CC)no1. The molecule has 1 aromatic rings. The normalized spacial score (nSPS) is 23.5. The molecule has 0 aliphatic heterocycles. The molecule has 102 valence electrons. The lowest BCUT2D eigenvalue weighted by Crippen LogP contribution is -2.32. The lowest BCUT2D eigenvalue weighted by atomic mass is 10.0. The number of nitrogens with zero attached hydrogens (tertiary/aromatic N) is 3. The van der Waals surface area contributed by atoms with Gasteiger partial charge in [-0.2, -0.15) is 4.98 Å². The molecule has 0 aromatic carbocycles. The Morgan fingerprint density at radius 2 is 2.22 bits per heavy atom. The van der Waals surface area contributed by atoms with Gasteiger partial charge in [0.05, 0.1) is 5.92 Å². The molecule has 1 N–H and O–H groups in total. The first-order valence-electron chi connectivity index (χ1n) is 7.04. The van der Waals surface area contributed by atoms with Crippen LogP contribution in [0, 0.1) is 0 Å². The first kappa shape index (κ1) is 13.3. The molecule has 1 aliphatic carbocycles. The monoisotopic (exact) mass is 252 g/mol. The Balaban J connectivity index is 2.03. The quantitative estimate of drug-likeness (QED) is 0.841. The number of hydrogen-bond acceptors (Lipinski definition) is 5. The van der Waals surface area contributed by atoms with Crippen molar-refractivity contribution in [2.45, 2.75) is 51.5 Å². The van der Waals surface area contributed by atoms with Gasteiger partial charge < -0.3 is 14.7 Å². The minimum absolute atomic E-state index is 0.392. The molecule has 1 aliphatic rings. The molecule has 0 radical (unpaired) electrons. The molecular weight excluding hydrogens is 228 g/mol. The predicted octanol–water partition coefficient (Wildman–Crippen LogP) is 2.16. The number of nitrogens with one attached hydrogen (secondary N) is 1. The first-order chi connectivity index (χ1) is 8.76. The van der Waals surface area contributed by atoms with E-state index in [0.29, 0.717) is 17.9 Å². The molecule has 5 heteroatoms. The van der Waals surface area contributed by atoms with Crippen molar-refractivity contribution in [1.29, 1.82) is 0 Å². The molecule has 5 nitrogen and oxygen atoms in total. The molecule has 1 fully saturated rings. The highest BCUT2D eigenvalue weighted by atomic mass is 16.5. The van der Waals surface area contributed by atoms with Gasteiger partial charge in [0.2, 0.25) is 5.89 Å². The minimum Gasteiger partial charge on any atom is -0.342 e. The van der Waals surface area contributed by atoms with Gasteiger partial charge in [0.25, 0.3) is 5.95 Å². The van der Waals surface area contributed by atoms with Crippen molar-refractivity contribution >= 4 is 5.95 Å². The van der Waals surface area contributed by atoms with E-state index in [9.17, 15) is 0 Å². The van der Waals surface area contributed by atoms with E-state index in [2.05, 4.69) is 29.3 Å². The average Bonchev–Trinajstić information content (AvgIpc) is 3.03. The number of rotatable bonds is 6. The van der Waals surface area contributed by atoms with E-state index in [-0.39, 0.29) is 0 Å². The summed E-state index contributed by atoms with van der Waals surface area (Å²) in [4.78, 5) is 6.53. The Morgan fingerprint density at radius 3 is 2.94 bits per heavy atom. The van der Waals surface area contributed by atoms with Gasteiger partial charge >= 0.3 is 0 Å². The maximum Gasteiger partial charge on any atom is 0.265 e. The molecule has 1 heterocycles. The molecule has 0 saturated heterocycles. The molecule has 2 atom stereocenters. The summed E-state index contributed by atoms with van der Waals surface area (Å²) in [5.74, 6) is 1.90. The van der Waals surface area contributed by atoms with Gasteiger partial charge in [0.1, 0.15) is 0 Å². The van der Waals surface area contributed by atoms with Gasteiger partial charge in [-0.05, 0) is 37.9 Å². The Kier molecular flexibility index (Phi) is 4.58. The van der Waals surface area contributed by atoms with Crippen LogP contribution in [0.3, 0.4) is 0 Å². The van der Waals surface area contributed by atoms with Crippen molar-refractivity contribution < 1.29 is 4.52 Å². The van der Waals surface area contributed by atoms with E-state index in [1.807, 2.05) is 11.9 Å². The van der Waals surface area contributed by atoms with Crippen LogP contribution in [-0.4, -0.2) is 36.3 Å². The highest BCUT2D eigenvalue weighted by Gasteiger charge is 2.32. The second kappa shape index (κ2) is 6.18. The summed E-state index contributed by atoms with van der Waals surface area (Å²) < 4.78 is 5.44. The van der Waals surface area contributed by atoms with Gasteiger partial charge in [0.15, 0.2) is 0 Å². The molecule has 1 saturated carbocycles. The summed E-state index contributed by atoms with van der Waals surface area (Å²) in [7, 11) is 1.98. The summed E-state index contributed by atoms with van der Waals surface area (Å²) in [5, 5.41) is 7.65. The van der Waals surface area contributed by atoms with Crippen molar-refractivity contribution in [1.82, 2.24) is 15.5 Å². The van der Waals surface area contributed by atoms with Crippen molar-refractivity contribution in [3.05, 3.63) is 5.89 Å². The number of anilines is 1. The van der Waals surface area contributed by atoms with E-state index in [1.54, 1.807) is 0 Å². The van der Waals surface area contributed by atoms with Crippen LogP contribution in [0.4, 0.5) is 5.95 Å². The summed E-state index contributed by atoms with van der Waals surface area (Å²) in [6.07, 6.45) is 4.77. The maximum absolute atomic E-state index is 5.44. The largest absolute Gasteiger partial charge is 0.342 e. The summed E-state index contributed by atoms with van der Waals surface area (Å²) in [6, 6.07) is 0.505. The van der Waals surface area contributed by atoms with Crippen LogP contribution < -0.4 is 10.2 Å². The Hall–Kier alpha value is -1.10. The third-order valence-electron chi connectivity index (χ3n) is 3.74. The maximum atomic E-state index is 5.44. The zero-order valence-electron chi connectivity index (χ0n) is 11.6. The van der Waals surface area contributed by atoms with Gasteiger partial charge in [0, 0.05) is 19.6 Å². The van der Waals surface area contributed by atoms with Crippen LogP contribution in [0.1, 0.15) is 51.3 Å². The van der Waals surface area contributed by atoms with E-state index in [4.69, 9.17) is 4.52 Å². The summed E-state index contributed by atoms with van der Waals surface area (Å²) in [5.41, 5.74) is 0. The van der Waals surface area contributed by atoms with Crippen LogP contribution in [0.2, 0.25) is 0 Å². The lowest BCUT2D eigenvalue weighted by molar-refractivity contribution is 0.330. The van der Waals surface area contributed by atoms with Crippen LogP contribution in [-0.2, 0) is 0 Å². The van der Waals surface area contributed by atoms with Crippen molar-refractivity contribution in [2.75, 3.05) is 25.0 Å². The van der Waals surface area contributed by atoms with Crippen molar-refractivity contribution in [3.8, 4) is 0 Å². The molecule has 0 amide bonds. The third kappa shape index (κ3) is 2.83. The Labute approximate surface area is 109 Å². The van der Waals surface area contributed by atoms with Crippen molar-refractivity contribution in [3.63, 3.8) is 0 Å². The molecule has 2 rings (SSSR count). The van der Waals surface area contributed by atoms with Crippen LogP contribution in [0.15, 0.2) is 4.52 Å². The average molecular weight is 252 g/mol. The van der Waals surface area contributed by atoms with Gasteiger partial charge in [-0.1, -0.05) is 13.3 Å². The predicted molar refractivity (Wildman–Crippen MR) is 71.9 cm³/mol. The third-order valence-corrected chi connectivity index (χ3v) is 3.74. The Bertz CT molecular complexity index is 366. The van der Waals surface area contributed by atoms with E-state index < -0.39 is 0 Å². The topological polar surface area (TPSA) is 54.2 Å². The Morgan fingerprint density at radius 1 is 1.39 bits per heavy atom. The molecule has 0 bridgehead atoms. The highest BCUT2D eigenvalue weighted by molar-refractivity contribution is 5.26. The number of hydrogen-bond donors (Lipinski definition) is 1. The molecule has 18 heavy (non-hydrogen) atoms. The summed E-state index contributed by atoms with van der Waals surface area (Å²) >= 11 is 0. The molecule has 2 unspecified atom stereocenters. The molecular formula is C13H24N4O. The molecule has 1 aromatic heterocycles. The van der Waals surface area contributed by atoms with Gasteiger partial charge in [-0.15, -0.1) is 0 Å². The fraction of sp³-hybridized carbons (Fsp3) is 0.846. The fourth-order valence-electron chi connectivity index (χ4n) is 2.50. The lowest BCUT2D eigenvalue weighted by Gasteiger charge is -2.17. The standard InChI is InChI=1S/C13H24N4O/c1-4-9-14-11-8-6-7-10(11)12-15-13(16-18-12)17(3)5-2/h10-11,14H,4-9H2,1-3H3. The van der Waals surface area contributed by atoms with E-state index >= 15 is 0 Å². The zero-order chi connectivity index (χ0) is 13.0. The van der Waals surface area contributed by atoms with E-state index in [1.165, 1.54) is 12.8 Å². The molecule has 0 spiro atoms. The summed E-state index contributed by atoms with van der Waals surface area (Å²) in [6.45, 7) is 6.23. The van der Waals surface area contributed by atoms with Crippen LogP contribution >= 0.6 is 0 Å². The fourth-order valence-corrected chi connectivity index (χ4v) is 2.50. The zero-order valence-corrected chi connectivity index (χ0v) is 11.6. The van der Waals surface area contributed by atoms with Gasteiger partial charge in [-0.3, -0.25) is 0 Å². The van der Waals surface area contributed by atoms with E-state index in [0.717, 1.165) is 31.8 Å². The van der Waals surface area contributed by atoms with Crippen molar-refractivity contribution in [2.24, 2.45) is 0 Å². The second-order valence-corrected chi connectivity index (χ2v) is 5.04. The smallest absolute Gasteiger partial charge is 0.265 e. The second-order valence-electron chi connectivity index (χ2n) is 5.04.